The maximum Gasteiger partial charge on any atom is 0.247 e. The first-order valence-corrected chi connectivity index (χ1v) is 8.87. The summed E-state index contributed by atoms with van der Waals surface area (Å²) in [7, 11) is 3.16. The van der Waals surface area contributed by atoms with E-state index in [1.807, 2.05) is 0 Å². The van der Waals surface area contributed by atoms with Gasteiger partial charge in [0.1, 0.15) is 29.1 Å². The lowest BCUT2D eigenvalue weighted by atomic mass is 10.2. The maximum atomic E-state index is 11.5. The van der Waals surface area contributed by atoms with E-state index in [-0.39, 0.29) is 5.91 Å². The van der Waals surface area contributed by atoms with Gasteiger partial charge in [-0.25, -0.2) is 9.97 Å². The fourth-order valence-electron chi connectivity index (χ4n) is 2.45. The molecule has 0 aliphatic heterocycles. The number of methoxy groups -OCH3 is 2. The van der Waals surface area contributed by atoms with Crippen molar-refractivity contribution in [3.63, 3.8) is 0 Å². The predicted octanol–water partition coefficient (Wildman–Crippen LogP) is 3.81. The number of carbonyl (C=O) groups excluding carboxylic acids is 1. The number of nitrogens with one attached hydrogen (secondary N) is 1. The Balaban J connectivity index is 1.86. The molecule has 0 fully saturated rings. The summed E-state index contributed by atoms with van der Waals surface area (Å²) in [5.41, 5.74) is 1.78. The molecule has 0 bridgehead atoms. The van der Waals surface area contributed by atoms with Gasteiger partial charge < -0.3 is 19.5 Å². The Morgan fingerprint density at radius 1 is 1.07 bits per heavy atom. The van der Waals surface area contributed by atoms with Crippen molar-refractivity contribution in [1.82, 2.24) is 9.97 Å². The summed E-state index contributed by atoms with van der Waals surface area (Å²) in [5, 5.41) is 2.68. The van der Waals surface area contributed by atoms with Crippen LogP contribution in [0.2, 0.25) is 0 Å². The van der Waals surface area contributed by atoms with Crippen molar-refractivity contribution in [2.75, 3.05) is 19.5 Å². The van der Waals surface area contributed by atoms with Gasteiger partial charge in [0.15, 0.2) is 0 Å². The third-order valence-electron chi connectivity index (χ3n) is 3.87. The smallest absolute Gasteiger partial charge is 0.247 e. The van der Waals surface area contributed by atoms with Crippen LogP contribution in [0, 0.1) is 11.8 Å². The Morgan fingerprint density at radius 3 is 2.53 bits per heavy atom. The molecule has 0 aliphatic carbocycles. The summed E-state index contributed by atoms with van der Waals surface area (Å²) in [4.78, 5) is 19.7. The topological polar surface area (TPSA) is 82.6 Å². The lowest BCUT2D eigenvalue weighted by molar-refractivity contribution is -0.111. The summed E-state index contributed by atoms with van der Waals surface area (Å²) in [6, 6.07) is 12.3. The molecular weight excluding hydrogens is 382 g/mol. The van der Waals surface area contributed by atoms with Crippen LogP contribution in [0.3, 0.4) is 0 Å². The van der Waals surface area contributed by atoms with Gasteiger partial charge >= 0.3 is 0 Å². The molecule has 7 heteroatoms. The third kappa shape index (κ3) is 5.36. The van der Waals surface area contributed by atoms with E-state index in [2.05, 4.69) is 33.7 Å². The molecule has 7 nitrogen and oxygen atoms in total. The fraction of sp³-hybridized carbons (Fsp3) is 0.0870. The number of hydrogen-bond donors (Lipinski definition) is 1. The van der Waals surface area contributed by atoms with E-state index in [1.165, 1.54) is 12.4 Å². The van der Waals surface area contributed by atoms with Crippen molar-refractivity contribution in [2.24, 2.45) is 0 Å². The van der Waals surface area contributed by atoms with Gasteiger partial charge in [0, 0.05) is 29.6 Å². The number of amides is 1. The SMILES string of the molecule is C=CC(=O)Nc1cccc(Oc2ncncc2C#Cc2cc(OC)cc(OC)c2)c1. The first kappa shape index (κ1) is 20.4. The predicted molar refractivity (Wildman–Crippen MR) is 113 cm³/mol. The number of benzene rings is 2. The van der Waals surface area contributed by atoms with Gasteiger partial charge in [-0.15, -0.1) is 0 Å². The molecule has 1 heterocycles. The van der Waals surface area contributed by atoms with Crippen LogP contribution in [0.15, 0.2) is 67.6 Å². The van der Waals surface area contributed by atoms with Gasteiger partial charge in [0.25, 0.3) is 0 Å². The third-order valence-corrected chi connectivity index (χ3v) is 3.87. The second-order valence-electron chi connectivity index (χ2n) is 5.92. The highest BCUT2D eigenvalue weighted by molar-refractivity contribution is 5.98. The van der Waals surface area contributed by atoms with Crippen molar-refractivity contribution in [3.05, 3.63) is 78.8 Å². The minimum atomic E-state index is -0.311. The van der Waals surface area contributed by atoms with Crippen LogP contribution in [-0.2, 0) is 4.79 Å². The largest absolute Gasteiger partial charge is 0.497 e. The zero-order chi connectivity index (χ0) is 21.3. The van der Waals surface area contributed by atoms with E-state index in [0.29, 0.717) is 39.9 Å². The molecule has 1 amide bonds. The second kappa shape index (κ2) is 9.75. The van der Waals surface area contributed by atoms with E-state index < -0.39 is 0 Å². The highest BCUT2D eigenvalue weighted by Crippen LogP contribution is 2.25. The van der Waals surface area contributed by atoms with Crippen LogP contribution in [0.25, 0.3) is 0 Å². The first-order valence-electron chi connectivity index (χ1n) is 8.87. The molecule has 3 rings (SSSR count). The molecule has 0 radical (unpaired) electrons. The molecule has 0 atom stereocenters. The van der Waals surface area contributed by atoms with Crippen LogP contribution in [0.4, 0.5) is 5.69 Å². The zero-order valence-electron chi connectivity index (χ0n) is 16.5. The van der Waals surface area contributed by atoms with Crippen molar-refractivity contribution in [2.45, 2.75) is 0 Å². The molecule has 0 saturated heterocycles. The number of carbonyl (C=O) groups is 1. The summed E-state index contributed by atoms with van der Waals surface area (Å²) in [6.45, 7) is 3.43. The van der Waals surface area contributed by atoms with E-state index in [4.69, 9.17) is 14.2 Å². The van der Waals surface area contributed by atoms with Gasteiger partial charge in [0.05, 0.1) is 14.2 Å². The van der Waals surface area contributed by atoms with Crippen molar-refractivity contribution in [3.8, 4) is 35.0 Å². The fourth-order valence-corrected chi connectivity index (χ4v) is 2.45. The van der Waals surface area contributed by atoms with E-state index in [0.717, 1.165) is 0 Å². The minimum Gasteiger partial charge on any atom is -0.497 e. The Bertz CT molecular complexity index is 1110. The summed E-state index contributed by atoms with van der Waals surface area (Å²) >= 11 is 0. The molecule has 0 unspecified atom stereocenters. The van der Waals surface area contributed by atoms with Crippen LogP contribution in [-0.4, -0.2) is 30.1 Å². The van der Waals surface area contributed by atoms with Crippen LogP contribution in [0.5, 0.6) is 23.1 Å². The molecule has 150 valence electrons. The lowest BCUT2D eigenvalue weighted by Crippen LogP contribution is -2.07. The van der Waals surface area contributed by atoms with Crippen LogP contribution >= 0.6 is 0 Å². The van der Waals surface area contributed by atoms with E-state index in [1.54, 1.807) is 62.9 Å². The van der Waals surface area contributed by atoms with Crippen molar-refractivity contribution in [1.29, 1.82) is 0 Å². The van der Waals surface area contributed by atoms with Crippen molar-refractivity contribution < 1.29 is 19.0 Å². The molecule has 1 N–H and O–H groups in total. The molecule has 0 spiro atoms. The molecule has 1 aromatic heterocycles. The molecule has 2 aromatic carbocycles. The number of hydrogen-bond acceptors (Lipinski definition) is 6. The van der Waals surface area contributed by atoms with Crippen LogP contribution < -0.4 is 19.5 Å². The van der Waals surface area contributed by atoms with E-state index >= 15 is 0 Å². The zero-order valence-corrected chi connectivity index (χ0v) is 16.5. The normalized spacial score (nSPS) is 9.67. The summed E-state index contributed by atoms with van der Waals surface area (Å²) < 4.78 is 16.4. The Hall–Kier alpha value is -4.31. The molecule has 0 aliphatic rings. The Labute approximate surface area is 174 Å². The van der Waals surface area contributed by atoms with Crippen LogP contribution in [0.1, 0.15) is 11.1 Å². The average molecular weight is 401 g/mol. The Kier molecular flexibility index (Phi) is 6.64. The Morgan fingerprint density at radius 2 is 1.83 bits per heavy atom. The highest BCUT2D eigenvalue weighted by Gasteiger charge is 2.07. The van der Waals surface area contributed by atoms with Gasteiger partial charge in [-0.3, -0.25) is 4.79 Å². The van der Waals surface area contributed by atoms with Gasteiger partial charge in [0.2, 0.25) is 11.8 Å². The minimum absolute atomic E-state index is 0.291. The maximum absolute atomic E-state index is 11.5. The number of ether oxygens (including phenoxy) is 3. The van der Waals surface area contributed by atoms with E-state index in [9.17, 15) is 4.79 Å². The first-order chi connectivity index (χ1) is 14.6. The average Bonchev–Trinajstić information content (AvgIpc) is 2.78. The lowest BCUT2D eigenvalue weighted by Gasteiger charge is -2.08. The molecule has 3 aromatic rings. The number of nitrogens with zero attached hydrogens (tertiary/aromatic N) is 2. The second-order valence-corrected chi connectivity index (χ2v) is 5.92. The number of aromatic nitrogens is 2. The number of anilines is 1. The monoisotopic (exact) mass is 401 g/mol. The highest BCUT2D eigenvalue weighted by atomic mass is 16.5. The summed E-state index contributed by atoms with van der Waals surface area (Å²) in [5.74, 6) is 7.80. The summed E-state index contributed by atoms with van der Waals surface area (Å²) in [6.07, 6.45) is 4.13. The molecule has 30 heavy (non-hydrogen) atoms. The standard InChI is InChI=1S/C23H19N3O4/c1-4-22(27)26-18-6-5-7-19(12-18)30-23-17(14-24-15-25-23)9-8-16-10-20(28-2)13-21(11-16)29-3/h4-7,10-15H,1H2,2-3H3,(H,26,27). The van der Waals surface area contributed by atoms with Gasteiger partial charge in [-0.05, 0) is 30.3 Å². The van der Waals surface area contributed by atoms with Gasteiger partial charge in [-0.2, -0.15) is 0 Å². The molecule has 0 saturated carbocycles. The van der Waals surface area contributed by atoms with Gasteiger partial charge in [-0.1, -0.05) is 24.5 Å². The quantitative estimate of drug-likeness (QED) is 0.500. The number of rotatable bonds is 6. The molecular formula is C23H19N3O4. The van der Waals surface area contributed by atoms with Crippen molar-refractivity contribution >= 4 is 11.6 Å².